The second kappa shape index (κ2) is 6.75. The maximum absolute atomic E-state index is 11.9. The van der Waals surface area contributed by atoms with E-state index in [1.54, 1.807) is 12.1 Å². The monoisotopic (exact) mass is 277 g/mol. The van der Waals surface area contributed by atoms with Crippen molar-refractivity contribution in [3.63, 3.8) is 0 Å². The third-order valence-electron chi connectivity index (χ3n) is 3.54. The Morgan fingerprint density at radius 3 is 2.55 bits per heavy atom. The van der Waals surface area contributed by atoms with Crippen LogP contribution in [0.1, 0.15) is 37.0 Å². The Bertz CT molecular complexity index is 438. The van der Waals surface area contributed by atoms with Gasteiger partial charge in [-0.15, -0.1) is 0 Å². The number of ether oxygens (including phenoxy) is 1. The molecule has 1 atom stereocenters. The van der Waals surface area contributed by atoms with E-state index in [2.05, 4.69) is 5.32 Å². The van der Waals surface area contributed by atoms with Gasteiger partial charge in [-0.25, -0.2) is 0 Å². The van der Waals surface area contributed by atoms with E-state index >= 15 is 0 Å². The fraction of sp³-hybridized carbons (Fsp3) is 0.562. The standard InChI is InChI=1S/C16H23NO3/c1-11(2)15(18)9-17-16(19)13-5-7-14(8-6-13)20-10-12-3-4-12/h5-8,11-12,15,18H,3-4,9-10H2,1-2H3,(H,17,19). The molecule has 0 bridgehead atoms. The molecule has 0 saturated heterocycles. The molecule has 1 amide bonds. The Morgan fingerprint density at radius 2 is 2.00 bits per heavy atom. The third kappa shape index (κ3) is 4.53. The van der Waals surface area contributed by atoms with Crippen molar-refractivity contribution in [2.24, 2.45) is 11.8 Å². The quantitative estimate of drug-likeness (QED) is 0.803. The summed E-state index contributed by atoms with van der Waals surface area (Å²) in [4.78, 5) is 11.9. The van der Waals surface area contributed by atoms with Crippen molar-refractivity contribution in [2.45, 2.75) is 32.8 Å². The van der Waals surface area contributed by atoms with Gasteiger partial charge >= 0.3 is 0 Å². The van der Waals surface area contributed by atoms with Crippen LogP contribution in [0.5, 0.6) is 5.75 Å². The summed E-state index contributed by atoms with van der Waals surface area (Å²) < 4.78 is 5.62. The van der Waals surface area contributed by atoms with Gasteiger partial charge in [0.1, 0.15) is 5.75 Å². The largest absolute Gasteiger partial charge is 0.493 e. The van der Waals surface area contributed by atoms with Gasteiger partial charge in [0.05, 0.1) is 12.7 Å². The van der Waals surface area contributed by atoms with Crippen molar-refractivity contribution in [2.75, 3.05) is 13.2 Å². The normalized spacial score (nSPS) is 16.0. The first-order valence-corrected chi connectivity index (χ1v) is 7.25. The zero-order valence-corrected chi connectivity index (χ0v) is 12.1. The Labute approximate surface area is 120 Å². The highest BCUT2D eigenvalue weighted by molar-refractivity contribution is 5.94. The smallest absolute Gasteiger partial charge is 0.251 e. The van der Waals surface area contributed by atoms with Crippen LogP contribution in [0, 0.1) is 11.8 Å². The van der Waals surface area contributed by atoms with Crippen molar-refractivity contribution in [3.8, 4) is 5.75 Å². The second-order valence-electron chi connectivity index (χ2n) is 5.80. The minimum atomic E-state index is -0.514. The molecule has 2 N–H and O–H groups in total. The van der Waals surface area contributed by atoms with Gasteiger partial charge in [-0.05, 0) is 48.9 Å². The van der Waals surface area contributed by atoms with Gasteiger partial charge in [-0.3, -0.25) is 4.79 Å². The number of benzene rings is 1. The summed E-state index contributed by atoms with van der Waals surface area (Å²) in [7, 11) is 0. The summed E-state index contributed by atoms with van der Waals surface area (Å²) >= 11 is 0. The van der Waals surface area contributed by atoms with Crippen LogP contribution < -0.4 is 10.1 Å². The lowest BCUT2D eigenvalue weighted by atomic mass is 10.1. The fourth-order valence-electron chi connectivity index (χ4n) is 1.74. The molecule has 1 aromatic rings. The Balaban J connectivity index is 1.80. The number of carbonyl (C=O) groups excluding carboxylic acids is 1. The lowest BCUT2D eigenvalue weighted by Gasteiger charge is -2.15. The average molecular weight is 277 g/mol. The lowest BCUT2D eigenvalue weighted by Crippen LogP contribution is -2.34. The molecule has 0 heterocycles. The van der Waals surface area contributed by atoms with Gasteiger partial charge in [0, 0.05) is 12.1 Å². The van der Waals surface area contributed by atoms with Crippen LogP contribution in [0.25, 0.3) is 0 Å². The molecule has 1 aliphatic carbocycles. The molecule has 2 rings (SSSR count). The van der Waals surface area contributed by atoms with E-state index in [0.29, 0.717) is 5.56 Å². The van der Waals surface area contributed by atoms with Gasteiger partial charge in [0.15, 0.2) is 0 Å². The molecule has 1 unspecified atom stereocenters. The van der Waals surface area contributed by atoms with Crippen molar-refractivity contribution >= 4 is 5.91 Å². The second-order valence-corrected chi connectivity index (χ2v) is 5.80. The number of aliphatic hydroxyl groups excluding tert-OH is 1. The number of hydrogen-bond donors (Lipinski definition) is 2. The molecule has 1 aliphatic rings. The van der Waals surface area contributed by atoms with Crippen LogP contribution in [0.2, 0.25) is 0 Å². The van der Waals surface area contributed by atoms with Crippen molar-refractivity contribution in [1.82, 2.24) is 5.32 Å². The van der Waals surface area contributed by atoms with Gasteiger partial charge in [0.25, 0.3) is 5.91 Å². The first-order chi connectivity index (χ1) is 9.56. The van der Waals surface area contributed by atoms with Crippen LogP contribution in [0.4, 0.5) is 0 Å². The van der Waals surface area contributed by atoms with Crippen molar-refractivity contribution in [1.29, 1.82) is 0 Å². The molecule has 4 heteroatoms. The van der Waals surface area contributed by atoms with E-state index in [0.717, 1.165) is 18.3 Å². The minimum absolute atomic E-state index is 0.133. The Morgan fingerprint density at radius 1 is 1.35 bits per heavy atom. The molecule has 1 fully saturated rings. The highest BCUT2D eigenvalue weighted by atomic mass is 16.5. The Hall–Kier alpha value is -1.55. The average Bonchev–Trinajstić information content (AvgIpc) is 3.26. The van der Waals surface area contributed by atoms with E-state index < -0.39 is 6.10 Å². The molecular weight excluding hydrogens is 254 g/mol. The lowest BCUT2D eigenvalue weighted by molar-refractivity contribution is 0.0871. The molecule has 20 heavy (non-hydrogen) atoms. The van der Waals surface area contributed by atoms with Crippen LogP contribution in [0.3, 0.4) is 0 Å². The van der Waals surface area contributed by atoms with Gasteiger partial charge < -0.3 is 15.2 Å². The molecule has 0 spiro atoms. The highest BCUT2D eigenvalue weighted by Gasteiger charge is 2.21. The van der Waals surface area contributed by atoms with E-state index in [-0.39, 0.29) is 18.4 Å². The topological polar surface area (TPSA) is 58.6 Å². The Kier molecular flexibility index (Phi) is 5.01. The molecule has 0 aliphatic heterocycles. The number of aliphatic hydroxyl groups is 1. The zero-order valence-electron chi connectivity index (χ0n) is 12.1. The van der Waals surface area contributed by atoms with Crippen LogP contribution >= 0.6 is 0 Å². The summed E-state index contributed by atoms with van der Waals surface area (Å²) in [5, 5.41) is 12.4. The van der Waals surface area contributed by atoms with Gasteiger partial charge in [-0.2, -0.15) is 0 Å². The maximum atomic E-state index is 11.9. The predicted molar refractivity (Wildman–Crippen MR) is 77.8 cm³/mol. The van der Waals surface area contributed by atoms with Crippen molar-refractivity contribution < 1.29 is 14.6 Å². The number of nitrogens with one attached hydrogen (secondary N) is 1. The van der Waals surface area contributed by atoms with Crippen LogP contribution in [0.15, 0.2) is 24.3 Å². The maximum Gasteiger partial charge on any atom is 0.251 e. The first kappa shape index (κ1) is 14.9. The van der Waals surface area contributed by atoms with E-state index in [1.807, 2.05) is 26.0 Å². The van der Waals surface area contributed by atoms with Crippen molar-refractivity contribution in [3.05, 3.63) is 29.8 Å². The number of hydrogen-bond acceptors (Lipinski definition) is 3. The minimum Gasteiger partial charge on any atom is -0.493 e. The number of amides is 1. The molecular formula is C16H23NO3. The molecule has 1 saturated carbocycles. The predicted octanol–water partition coefficient (Wildman–Crippen LogP) is 2.22. The van der Waals surface area contributed by atoms with E-state index in [4.69, 9.17) is 4.74 Å². The summed E-state index contributed by atoms with van der Waals surface area (Å²) in [6.45, 7) is 4.88. The van der Waals surface area contributed by atoms with Gasteiger partial charge in [0.2, 0.25) is 0 Å². The summed E-state index contributed by atoms with van der Waals surface area (Å²) in [6.07, 6.45) is 2.01. The van der Waals surface area contributed by atoms with Crippen LogP contribution in [-0.2, 0) is 0 Å². The molecule has 0 aromatic heterocycles. The van der Waals surface area contributed by atoms with Gasteiger partial charge in [-0.1, -0.05) is 13.8 Å². The molecule has 1 aromatic carbocycles. The highest BCUT2D eigenvalue weighted by Crippen LogP contribution is 2.29. The number of carbonyl (C=O) groups is 1. The third-order valence-corrected chi connectivity index (χ3v) is 3.54. The zero-order chi connectivity index (χ0) is 14.5. The molecule has 110 valence electrons. The SMILES string of the molecule is CC(C)C(O)CNC(=O)c1ccc(OCC2CC2)cc1. The molecule has 4 nitrogen and oxygen atoms in total. The van der Waals surface area contributed by atoms with E-state index in [1.165, 1.54) is 12.8 Å². The fourth-order valence-corrected chi connectivity index (χ4v) is 1.74. The summed E-state index contributed by atoms with van der Waals surface area (Å²) in [5.74, 6) is 1.48. The first-order valence-electron chi connectivity index (χ1n) is 7.25. The number of rotatable bonds is 7. The van der Waals surface area contributed by atoms with E-state index in [9.17, 15) is 9.90 Å². The summed E-state index contributed by atoms with van der Waals surface area (Å²) in [6, 6.07) is 7.13. The van der Waals surface area contributed by atoms with Crippen LogP contribution in [-0.4, -0.2) is 30.3 Å². The summed E-state index contributed by atoms with van der Waals surface area (Å²) in [5.41, 5.74) is 0.583. The molecule has 0 radical (unpaired) electrons.